The van der Waals surface area contributed by atoms with E-state index >= 15 is 0 Å². The van der Waals surface area contributed by atoms with Crippen LogP contribution in [-0.4, -0.2) is 45.9 Å². The van der Waals surface area contributed by atoms with Gasteiger partial charge in [-0.25, -0.2) is 4.39 Å². The summed E-state index contributed by atoms with van der Waals surface area (Å²) in [6.07, 6.45) is 0. The molecule has 0 aliphatic carbocycles. The van der Waals surface area contributed by atoms with Gasteiger partial charge in [-0.15, -0.1) is 0 Å². The van der Waals surface area contributed by atoms with Crippen LogP contribution >= 0.6 is 0 Å². The molecule has 2 aromatic carbocycles. The van der Waals surface area contributed by atoms with Gasteiger partial charge in [0.05, 0.1) is 30.3 Å². The molecule has 1 atom stereocenters. The molecule has 0 bridgehead atoms. The van der Waals surface area contributed by atoms with Crippen LogP contribution < -0.4 is 10.6 Å². The highest BCUT2D eigenvalue weighted by atomic mass is 19.1. The Morgan fingerprint density at radius 1 is 1.24 bits per heavy atom. The van der Waals surface area contributed by atoms with E-state index in [0.29, 0.717) is 16.5 Å². The molecule has 8 nitrogen and oxygen atoms in total. The molecule has 33 heavy (non-hydrogen) atoms. The van der Waals surface area contributed by atoms with Crippen LogP contribution in [-0.2, 0) is 11.3 Å². The zero-order chi connectivity index (χ0) is 24.2. The Labute approximate surface area is 191 Å². The van der Waals surface area contributed by atoms with Crippen molar-refractivity contribution in [2.24, 2.45) is 5.41 Å². The lowest BCUT2D eigenvalue weighted by molar-refractivity contribution is -0.125. The molecule has 1 aromatic heterocycles. The van der Waals surface area contributed by atoms with E-state index in [2.05, 4.69) is 15.7 Å². The summed E-state index contributed by atoms with van der Waals surface area (Å²) in [5.74, 6) is -1.48. The smallest absolute Gasteiger partial charge is 0.273 e. The van der Waals surface area contributed by atoms with Crippen LogP contribution in [0.3, 0.4) is 0 Å². The van der Waals surface area contributed by atoms with Crippen LogP contribution in [0.1, 0.15) is 42.4 Å². The molecule has 9 heteroatoms. The second-order valence-electron chi connectivity index (χ2n) is 8.73. The summed E-state index contributed by atoms with van der Waals surface area (Å²) in [4.78, 5) is 25.8. The number of benzene rings is 2. The lowest BCUT2D eigenvalue weighted by Gasteiger charge is -2.30. The zero-order valence-electron chi connectivity index (χ0n) is 18.7. The predicted molar refractivity (Wildman–Crippen MR) is 121 cm³/mol. The molecular weight excluding hydrogens is 425 g/mol. The number of carbonyl (C=O) groups excluding carboxylic acids is 2. The van der Waals surface area contributed by atoms with Gasteiger partial charge in [-0.1, -0.05) is 45.0 Å². The molecule has 0 aliphatic heterocycles. The van der Waals surface area contributed by atoms with Crippen molar-refractivity contribution >= 4 is 22.7 Å². The van der Waals surface area contributed by atoms with Gasteiger partial charge in [0, 0.05) is 17.5 Å². The molecule has 3 N–H and O–H groups in total. The van der Waals surface area contributed by atoms with E-state index in [0.717, 1.165) is 6.07 Å². The first kappa shape index (κ1) is 23.9. The number of carbonyl (C=O) groups is 2. The van der Waals surface area contributed by atoms with Gasteiger partial charge in [-0.2, -0.15) is 10.4 Å². The fourth-order valence-corrected chi connectivity index (χ4v) is 3.48. The number of aromatic nitrogens is 2. The first-order chi connectivity index (χ1) is 15.7. The van der Waals surface area contributed by atoms with Crippen molar-refractivity contribution in [1.82, 2.24) is 20.4 Å². The molecule has 0 saturated heterocycles. The minimum atomic E-state index is -0.864. The number of rotatable bonds is 7. The van der Waals surface area contributed by atoms with Gasteiger partial charge in [-0.3, -0.25) is 14.3 Å². The summed E-state index contributed by atoms with van der Waals surface area (Å²) in [5, 5.41) is 28.3. The number of hydrogen-bond donors (Lipinski definition) is 3. The van der Waals surface area contributed by atoms with E-state index in [1.54, 1.807) is 24.3 Å². The number of amides is 2. The Hall–Kier alpha value is -3.77. The highest BCUT2D eigenvalue weighted by Crippen LogP contribution is 2.23. The molecule has 172 valence electrons. The van der Waals surface area contributed by atoms with Crippen molar-refractivity contribution in [1.29, 1.82) is 5.26 Å². The average Bonchev–Trinajstić information content (AvgIpc) is 3.14. The third kappa shape index (κ3) is 5.35. The van der Waals surface area contributed by atoms with E-state index in [4.69, 9.17) is 10.4 Å². The second kappa shape index (κ2) is 9.79. The minimum absolute atomic E-state index is 0.0605. The molecule has 3 aromatic rings. The van der Waals surface area contributed by atoms with Crippen LogP contribution in [0.15, 0.2) is 42.5 Å². The summed E-state index contributed by atoms with van der Waals surface area (Å²) in [5.41, 5.74) is 0.686. The maximum Gasteiger partial charge on any atom is 0.273 e. The maximum absolute atomic E-state index is 14.4. The number of nitrogens with zero attached hydrogens (tertiary/aromatic N) is 3. The van der Waals surface area contributed by atoms with Crippen molar-refractivity contribution in [3.63, 3.8) is 0 Å². The normalized spacial score (nSPS) is 12.2. The lowest BCUT2D eigenvalue weighted by atomic mass is 9.86. The Morgan fingerprint density at radius 3 is 2.61 bits per heavy atom. The highest BCUT2D eigenvalue weighted by Gasteiger charge is 2.33. The summed E-state index contributed by atoms with van der Waals surface area (Å²) in [7, 11) is 0. The van der Waals surface area contributed by atoms with Crippen molar-refractivity contribution in [2.75, 3.05) is 13.2 Å². The predicted octanol–water partition coefficient (Wildman–Crippen LogP) is 2.35. The molecule has 1 unspecified atom stereocenters. The second-order valence-corrected chi connectivity index (χ2v) is 8.73. The third-order valence-electron chi connectivity index (χ3n) is 5.19. The number of aliphatic hydroxyl groups is 1. The van der Waals surface area contributed by atoms with Crippen molar-refractivity contribution in [2.45, 2.75) is 33.4 Å². The van der Waals surface area contributed by atoms with Crippen LogP contribution in [0.25, 0.3) is 10.9 Å². The number of hydrogen-bond acceptors (Lipinski definition) is 5. The lowest BCUT2D eigenvalue weighted by Crippen LogP contribution is -2.54. The van der Waals surface area contributed by atoms with E-state index in [-0.39, 0.29) is 31.0 Å². The molecule has 0 spiro atoms. The van der Waals surface area contributed by atoms with Gasteiger partial charge in [-0.05, 0) is 23.6 Å². The first-order valence-corrected chi connectivity index (χ1v) is 10.5. The Morgan fingerprint density at radius 2 is 1.97 bits per heavy atom. The number of para-hydroxylation sites is 1. The van der Waals surface area contributed by atoms with Gasteiger partial charge < -0.3 is 15.7 Å². The van der Waals surface area contributed by atoms with E-state index in [9.17, 15) is 14.0 Å². The van der Waals surface area contributed by atoms with Crippen LogP contribution in [0, 0.1) is 22.6 Å². The molecule has 0 saturated carbocycles. The average molecular weight is 452 g/mol. The minimum Gasteiger partial charge on any atom is -0.395 e. The van der Waals surface area contributed by atoms with E-state index in [1.165, 1.54) is 16.8 Å². The van der Waals surface area contributed by atoms with Crippen LogP contribution in [0.2, 0.25) is 0 Å². The summed E-state index contributed by atoms with van der Waals surface area (Å²) in [6.45, 7) is 5.39. The van der Waals surface area contributed by atoms with Gasteiger partial charge in [0.2, 0.25) is 5.91 Å². The third-order valence-corrected chi connectivity index (χ3v) is 5.19. The number of nitrogens with one attached hydrogen (secondary N) is 2. The molecule has 0 radical (unpaired) electrons. The van der Waals surface area contributed by atoms with Gasteiger partial charge in [0.15, 0.2) is 5.69 Å². The van der Waals surface area contributed by atoms with Crippen molar-refractivity contribution in [3.8, 4) is 6.07 Å². The summed E-state index contributed by atoms with van der Waals surface area (Å²) < 4.78 is 16.0. The monoisotopic (exact) mass is 451 g/mol. The SMILES string of the molecule is CC(C)(C)C(NC(=O)c1nn(Cc2ccc(C#N)cc2F)c2ccccc12)C(=O)NCCO. The molecule has 1 heterocycles. The number of fused-ring (bicyclic) bond motifs is 1. The van der Waals surface area contributed by atoms with Gasteiger partial charge >= 0.3 is 0 Å². The molecule has 3 rings (SSSR count). The van der Waals surface area contributed by atoms with Gasteiger partial charge in [0.25, 0.3) is 5.91 Å². The van der Waals surface area contributed by atoms with E-state index < -0.39 is 29.1 Å². The zero-order valence-corrected chi connectivity index (χ0v) is 18.7. The molecule has 2 amide bonds. The van der Waals surface area contributed by atoms with Crippen LogP contribution in [0.5, 0.6) is 0 Å². The topological polar surface area (TPSA) is 120 Å². The molecule has 0 aliphatic rings. The number of aliphatic hydroxyl groups excluding tert-OH is 1. The first-order valence-electron chi connectivity index (χ1n) is 10.5. The Balaban J connectivity index is 1.94. The van der Waals surface area contributed by atoms with Gasteiger partial charge in [0.1, 0.15) is 11.9 Å². The maximum atomic E-state index is 14.4. The largest absolute Gasteiger partial charge is 0.395 e. The Bertz CT molecular complexity index is 1220. The Kier molecular flexibility index (Phi) is 7.09. The summed E-state index contributed by atoms with van der Waals surface area (Å²) in [6, 6.07) is 12.3. The summed E-state index contributed by atoms with van der Waals surface area (Å²) >= 11 is 0. The molecular formula is C24H26FN5O3. The van der Waals surface area contributed by atoms with Crippen molar-refractivity contribution in [3.05, 3.63) is 65.1 Å². The quantitative estimate of drug-likeness (QED) is 0.509. The fourth-order valence-electron chi connectivity index (χ4n) is 3.48. The highest BCUT2D eigenvalue weighted by molar-refractivity contribution is 6.06. The standard InChI is InChI=1S/C24H26FN5O3/c1-24(2,3)21(23(33)27-10-11-31)28-22(32)20-17-6-4-5-7-19(17)30(29-20)14-16-9-8-15(13-26)12-18(16)25/h4-9,12,21,31H,10-11,14H2,1-3H3,(H,27,33)(H,28,32). The van der Waals surface area contributed by atoms with E-state index in [1.807, 2.05) is 26.8 Å². The van der Waals surface area contributed by atoms with Crippen molar-refractivity contribution < 1.29 is 19.1 Å². The number of nitriles is 1. The van der Waals surface area contributed by atoms with Crippen LogP contribution in [0.4, 0.5) is 4.39 Å². The number of halogens is 1. The fraction of sp³-hybridized carbons (Fsp3) is 0.333. The molecule has 0 fully saturated rings.